The van der Waals surface area contributed by atoms with Crippen LogP contribution in [0.1, 0.15) is 37.3 Å². The molecule has 1 amide bonds. The molecule has 9 heteroatoms. The van der Waals surface area contributed by atoms with E-state index >= 15 is 0 Å². The van der Waals surface area contributed by atoms with Gasteiger partial charge in [0.15, 0.2) is 11.2 Å². The van der Waals surface area contributed by atoms with Crippen LogP contribution in [-0.4, -0.2) is 50.1 Å². The lowest BCUT2D eigenvalue weighted by Gasteiger charge is -2.38. The number of anilines is 1. The first-order chi connectivity index (χ1) is 15.0. The molecule has 3 aliphatic rings. The van der Waals surface area contributed by atoms with Crippen molar-refractivity contribution in [2.75, 3.05) is 18.0 Å². The van der Waals surface area contributed by atoms with E-state index in [4.69, 9.17) is 4.74 Å². The topological polar surface area (TPSA) is 63.0 Å². The summed E-state index contributed by atoms with van der Waals surface area (Å²) in [6.45, 7) is 1.29. The first-order valence-corrected chi connectivity index (χ1v) is 10.5. The van der Waals surface area contributed by atoms with Crippen LogP contribution in [0.25, 0.3) is 5.65 Å². The monoisotopic (exact) mass is 425 g/mol. The number of benzene rings is 1. The van der Waals surface area contributed by atoms with Gasteiger partial charge in [-0.2, -0.15) is 0 Å². The molecule has 2 atom stereocenters. The second-order valence-electron chi connectivity index (χ2n) is 8.48. The predicted octanol–water partition coefficient (Wildman–Crippen LogP) is 3.07. The summed E-state index contributed by atoms with van der Waals surface area (Å²) < 4.78 is 35.8. The Morgan fingerprint density at radius 3 is 2.61 bits per heavy atom. The van der Waals surface area contributed by atoms with E-state index in [0.717, 1.165) is 17.5 Å². The van der Waals surface area contributed by atoms with Gasteiger partial charge in [0.25, 0.3) is 5.91 Å². The summed E-state index contributed by atoms with van der Waals surface area (Å²) in [5, 5.41) is 0. The molecule has 6 rings (SSSR count). The number of carbonyl (C=O) groups excluding carboxylic acids is 1. The highest BCUT2D eigenvalue weighted by molar-refractivity contribution is 5.88. The van der Waals surface area contributed by atoms with Crippen LogP contribution < -0.4 is 4.90 Å². The van der Waals surface area contributed by atoms with E-state index in [1.165, 1.54) is 12.1 Å². The maximum absolute atomic E-state index is 13.8. The minimum Gasteiger partial charge on any atom is -0.356 e. The molecule has 3 saturated heterocycles. The molecule has 2 unspecified atom stereocenters. The molecular formula is C22H21F2N5O2. The van der Waals surface area contributed by atoms with Gasteiger partial charge in [0.2, 0.25) is 0 Å². The minimum absolute atomic E-state index is 0.0664. The van der Waals surface area contributed by atoms with Gasteiger partial charge in [-0.05, 0) is 30.5 Å². The van der Waals surface area contributed by atoms with Crippen LogP contribution >= 0.6 is 0 Å². The van der Waals surface area contributed by atoms with Crippen molar-refractivity contribution >= 4 is 17.4 Å². The Morgan fingerprint density at radius 1 is 1.06 bits per heavy atom. The van der Waals surface area contributed by atoms with Crippen molar-refractivity contribution in [1.29, 1.82) is 0 Å². The molecule has 7 nitrogen and oxygen atoms in total. The third-order valence-electron chi connectivity index (χ3n) is 6.78. The minimum atomic E-state index is -0.873. The van der Waals surface area contributed by atoms with Crippen molar-refractivity contribution in [2.24, 2.45) is 0 Å². The van der Waals surface area contributed by atoms with Crippen LogP contribution in [0, 0.1) is 11.6 Å². The van der Waals surface area contributed by atoms with Crippen LogP contribution in [0.5, 0.6) is 0 Å². The molecule has 3 aliphatic heterocycles. The zero-order valence-electron chi connectivity index (χ0n) is 16.7. The van der Waals surface area contributed by atoms with Crippen molar-refractivity contribution < 1.29 is 18.3 Å². The van der Waals surface area contributed by atoms with Crippen LogP contribution in [-0.2, 0) is 9.53 Å². The van der Waals surface area contributed by atoms with Gasteiger partial charge in [0.05, 0.1) is 18.4 Å². The Kier molecular flexibility index (Phi) is 4.05. The van der Waals surface area contributed by atoms with Crippen LogP contribution in [0.15, 0.2) is 43.0 Å². The molecule has 0 bridgehead atoms. The maximum atomic E-state index is 13.8. The molecular weight excluding hydrogens is 404 g/mol. The molecule has 0 radical (unpaired) electrons. The van der Waals surface area contributed by atoms with Gasteiger partial charge in [0.1, 0.15) is 23.7 Å². The van der Waals surface area contributed by atoms with Crippen LogP contribution in [0.2, 0.25) is 0 Å². The number of piperidine rings is 1. The fourth-order valence-electron chi connectivity index (χ4n) is 5.31. The number of imidazole rings is 1. The smallest absolute Gasteiger partial charge is 0.257 e. The predicted molar refractivity (Wildman–Crippen MR) is 107 cm³/mol. The van der Waals surface area contributed by atoms with Gasteiger partial charge in [0, 0.05) is 44.4 Å². The summed E-state index contributed by atoms with van der Waals surface area (Å²) in [7, 11) is 0. The molecule has 0 aliphatic carbocycles. The van der Waals surface area contributed by atoms with Gasteiger partial charge in [-0.1, -0.05) is 0 Å². The Morgan fingerprint density at radius 2 is 1.84 bits per heavy atom. The molecule has 0 saturated carbocycles. The van der Waals surface area contributed by atoms with E-state index in [1.807, 2.05) is 10.6 Å². The van der Waals surface area contributed by atoms with Crippen molar-refractivity contribution in [1.82, 2.24) is 19.3 Å². The summed E-state index contributed by atoms with van der Waals surface area (Å²) in [4.78, 5) is 26.0. The number of hydrogen-bond acceptors (Lipinski definition) is 5. The highest BCUT2D eigenvalue weighted by Gasteiger charge is 2.58. The average Bonchev–Trinajstić information content (AvgIpc) is 3.45. The van der Waals surface area contributed by atoms with Gasteiger partial charge in [-0.15, -0.1) is 0 Å². The van der Waals surface area contributed by atoms with Crippen molar-refractivity contribution in [3.05, 3.63) is 60.2 Å². The molecule has 3 fully saturated rings. The third-order valence-corrected chi connectivity index (χ3v) is 6.78. The lowest BCUT2D eigenvalue weighted by molar-refractivity contribution is -0.140. The molecule has 2 aromatic heterocycles. The Labute approximate surface area is 177 Å². The second kappa shape index (κ2) is 6.71. The number of halogens is 2. The SMILES string of the molecule is O=C1N2C(CCC2c2cc(F)cc(F)c2)OC12CCN(c1cncc3nccn13)CC2. The number of amides is 1. The molecule has 0 N–H and O–H groups in total. The van der Waals surface area contributed by atoms with Gasteiger partial charge in [-0.3, -0.25) is 14.2 Å². The third kappa shape index (κ3) is 2.83. The van der Waals surface area contributed by atoms with E-state index in [-0.39, 0.29) is 18.2 Å². The number of fused-ring (bicyclic) bond motifs is 2. The normalized spacial score (nSPS) is 25.0. The Bertz CT molecular complexity index is 1150. The lowest BCUT2D eigenvalue weighted by atomic mass is 9.89. The van der Waals surface area contributed by atoms with E-state index in [2.05, 4.69) is 14.9 Å². The molecule has 3 aromatic rings. The van der Waals surface area contributed by atoms with Gasteiger partial charge >= 0.3 is 0 Å². The number of rotatable bonds is 2. The quantitative estimate of drug-likeness (QED) is 0.632. The van der Waals surface area contributed by atoms with E-state index in [0.29, 0.717) is 44.3 Å². The highest BCUT2D eigenvalue weighted by Crippen LogP contribution is 2.48. The van der Waals surface area contributed by atoms with Crippen molar-refractivity contribution in [3.63, 3.8) is 0 Å². The van der Waals surface area contributed by atoms with E-state index < -0.39 is 17.2 Å². The van der Waals surface area contributed by atoms with Crippen LogP contribution in [0.4, 0.5) is 14.6 Å². The Hall–Kier alpha value is -3.07. The summed E-state index contributed by atoms with van der Waals surface area (Å²) >= 11 is 0. The number of hydrogen-bond donors (Lipinski definition) is 0. The summed E-state index contributed by atoms with van der Waals surface area (Å²) in [5.41, 5.74) is 0.392. The molecule has 31 heavy (non-hydrogen) atoms. The second-order valence-corrected chi connectivity index (χ2v) is 8.48. The molecule has 160 valence electrons. The van der Waals surface area contributed by atoms with Crippen molar-refractivity contribution in [3.8, 4) is 0 Å². The fourth-order valence-corrected chi connectivity index (χ4v) is 5.31. The number of aromatic nitrogens is 3. The fraction of sp³-hybridized carbons (Fsp3) is 0.409. The van der Waals surface area contributed by atoms with Gasteiger partial charge < -0.3 is 14.5 Å². The van der Waals surface area contributed by atoms with Crippen molar-refractivity contribution in [2.45, 2.75) is 43.6 Å². The summed E-state index contributed by atoms with van der Waals surface area (Å²) in [6.07, 6.45) is 9.20. The number of ether oxygens (including phenoxy) is 1. The number of carbonyl (C=O) groups is 1. The van der Waals surface area contributed by atoms with Crippen LogP contribution in [0.3, 0.4) is 0 Å². The number of nitrogens with zero attached hydrogens (tertiary/aromatic N) is 5. The molecule has 5 heterocycles. The largest absolute Gasteiger partial charge is 0.356 e. The maximum Gasteiger partial charge on any atom is 0.257 e. The lowest BCUT2D eigenvalue weighted by Crippen LogP contribution is -2.50. The molecule has 1 spiro atoms. The standard InChI is InChI=1S/C22H21F2N5O2/c23-15-9-14(10-16(24)11-15)17-1-2-20-29(17)21(30)22(31-20)3-6-27(7-4-22)19-13-25-12-18-26-5-8-28(18)19/h5,8-13,17,20H,1-4,6-7H2. The summed E-state index contributed by atoms with van der Waals surface area (Å²) in [6, 6.07) is 3.13. The highest BCUT2D eigenvalue weighted by atomic mass is 19.1. The van der Waals surface area contributed by atoms with Gasteiger partial charge in [-0.25, -0.2) is 13.8 Å². The zero-order chi connectivity index (χ0) is 21.2. The first-order valence-electron chi connectivity index (χ1n) is 10.5. The average molecular weight is 425 g/mol. The first kappa shape index (κ1) is 18.7. The zero-order valence-corrected chi connectivity index (χ0v) is 16.7. The van der Waals surface area contributed by atoms with E-state index in [1.54, 1.807) is 23.5 Å². The van der Waals surface area contributed by atoms with E-state index in [9.17, 15) is 13.6 Å². The Balaban J connectivity index is 1.24. The molecule has 1 aromatic carbocycles. The summed E-state index contributed by atoms with van der Waals surface area (Å²) in [5.74, 6) is -0.389.